The molecule has 6 nitrogen and oxygen atoms in total. The first-order chi connectivity index (χ1) is 12.5. The Morgan fingerprint density at radius 1 is 1.23 bits per heavy atom. The summed E-state index contributed by atoms with van der Waals surface area (Å²) in [6.45, 7) is 3.98. The second-order valence-corrected chi connectivity index (χ2v) is 6.48. The molecule has 0 radical (unpaired) electrons. The van der Waals surface area contributed by atoms with Gasteiger partial charge in [-0.3, -0.25) is 4.79 Å². The average molecular weight is 376 g/mol. The number of carbonyl (C=O) groups excluding carboxylic acids is 1. The van der Waals surface area contributed by atoms with Crippen LogP contribution in [0.1, 0.15) is 36.2 Å². The number of carbonyl (C=O) groups is 1. The van der Waals surface area contributed by atoms with Crippen molar-refractivity contribution in [3.05, 3.63) is 39.9 Å². The van der Waals surface area contributed by atoms with Crippen LogP contribution >= 0.6 is 11.3 Å². The Morgan fingerprint density at radius 3 is 2.38 bits per heavy atom. The average Bonchev–Trinajstić information content (AvgIpc) is 3.14. The van der Waals surface area contributed by atoms with E-state index in [1.165, 1.54) is 6.08 Å². The summed E-state index contributed by atoms with van der Waals surface area (Å²) >= 11 is 1.61. The molecule has 1 atom stereocenters. The van der Waals surface area contributed by atoms with E-state index in [1.807, 2.05) is 12.3 Å². The van der Waals surface area contributed by atoms with E-state index in [4.69, 9.17) is 14.2 Å². The summed E-state index contributed by atoms with van der Waals surface area (Å²) in [5, 5.41) is 5.96. The highest BCUT2D eigenvalue weighted by Crippen LogP contribution is 2.38. The Labute approximate surface area is 157 Å². The molecule has 26 heavy (non-hydrogen) atoms. The second kappa shape index (κ2) is 9.24. The van der Waals surface area contributed by atoms with Gasteiger partial charge in [-0.05, 0) is 37.1 Å². The van der Waals surface area contributed by atoms with Gasteiger partial charge in [0.1, 0.15) is 0 Å². The lowest BCUT2D eigenvalue weighted by Gasteiger charge is -2.13. The summed E-state index contributed by atoms with van der Waals surface area (Å²) in [6.07, 6.45) is 4.07. The van der Waals surface area contributed by atoms with E-state index in [0.29, 0.717) is 17.2 Å². The SMILES string of the molecule is CCc1nc(C(C)NC(=O)C=Cc2cc(OC)c(OC)c(OC)c2)cs1. The quantitative estimate of drug-likeness (QED) is 0.713. The van der Waals surface area contributed by atoms with Crippen molar-refractivity contribution in [3.63, 3.8) is 0 Å². The zero-order valence-electron chi connectivity index (χ0n) is 15.7. The van der Waals surface area contributed by atoms with Gasteiger partial charge in [0.15, 0.2) is 11.5 Å². The lowest BCUT2D eigenvalue weighted by Crippen LogP contribution is -2.24. The van der Waals surface area contributed by atoms with Gasteiger partial charge in [-0.15, -0.1) is 11.3 Å². The van der Waals surface area contributed by atoms with Gasteiger partial charge >= 0.3 is 0 Å². The fraction of sp³-hybridized carbons (Fsp3) is 0.368. The molecular weight excluding hydrogens is 352 g/mol. The molecule has 0 bridgehead atoms. The van der Waals surface area contributed by atoms with Crippen molar-refractivity contribution in [2.45, 2.75) is 26.3 Å². The number of thiazole rings is 1. The van der Waals surface area contributed by atoms with E-state index < -0.39 is 0 Å². The first kappa shape index (κ1) is 19.8. The number of ether oxygens (including phenoxy) is 3. The molecule has 1 amide bonds. The molecule has 0 aliphatic heterocycles. The van der Waals surface area contributed by atoms with Gasteiger partial charge in [-0.25, -0.2) is 4.98 Å². The minimum Gasteiger partial charge on any atom is -0.493 e. The molecule has 0 saturated carbocycles. The van der Waals surface area contributed by atoms with E-state index in [1.54, 1.807) is 50.9 Å². The number of benzene rings is 1. The van der Waals surface area contributed by atoms with Crippen LogP contribution in [0.4, 0.5) is 0 Å². The minimum atomic E-state index is -0.197. The van der Waals surface area contributed by atoms with Crippen LogP contribution in [0.2, 0.25) is 0 Å². The third-order valence-electron chi connectivity index (χ3n) is 3.79. The number of methoxy groups -OCH3 is 3. The number of amides is 1. The Balaban J connectivity index is 2.09. The van der Waals surface area contributed by atoms with Gasteiger partial charge in [-0.1, -0.05) is 6.92 Å². The third-order valence-corrected chi connectivity index (χ3v) is 4.80. The highest BCUT2D eigenvalue weighted by molar-refractivity contribution is 7.09. The topological polar surface area (TPSA) is 69.7 Å². The molecule has 140 valence electrons. The molecule has 0 fully saturated rings. The lowest BCUT2D eigenvalue weighted by atomic mass is 10.1. The molecule has 2 rings (SSSR count). The Bertz CT molecular complexity index is 761. The maximum atomic E-state index is 12.2. The molecule has 2 aromatic rings. The van der Waals surface area contributed by atoms with Crippen molar-refractivity contribution in [1.82, 2.24) is 10.3 Å². The number of nitrogens with one attached hydrogen (secondary N) is 1. The summed E-state index contributed by atoms with van der Waals surface area (Å²) < 4.78 is 15.9. The number of hydrogen-bond donors (Lipinski definition) is 1. The number of aryl methyl sites for hydroxylation is 1. The van der Waals surface area contributed by atoms with Crippen molar-refractivity contribution < 1.29 is 19.0 Å². The maximum absolute atomic E-state index is 12.2. The fourth-order valence-corrected chi connectivity index (χ4v) is 3.23. The second-order valence-electron chi connectivity index (χ2n) is 5.54. The molecule has 1 aromatic heterocycles. The highest BCUT2D eigenvalue weighted by atomic mass is 32.1. The molecule has 7 heteroatoms. The van der Waals surface area contributed by atoms with Crippen LogP contribution in [-0.4, -0.2) is 32.2 Å². The van der Waals surface area contributed by atoms with Crippen LogP contribution in [0.3, 0.4) is 0 Å². The van der Waals surface area contributed by atoms with Crippen molar-refractivity contribution in [1.29, 1.82) is 0 Å². The monoisotopic (exact) mass is 376 g/mol. The van der Waals surface area contributed by atoms with Crippen LogP contribution in [0, 0.1) is 0 Å². The van der Waals surface area contributed by atoms with Crippen LogP contribution in [-0.2, 0) is 11.2 Å². The minimum absolute atomic E-state index is 0.149. The number of nitrogens with zero attached hydrogens (tertiary/aromatic N) is 1. The van der Waals surface area contributed by atoms with Crippen molar-refractivity contribution >= 4 is 23.3 Å². The molecular formula is C19H24N2O4S. The van der Waals surface area contributed by atoms with Gasteiger partial charge in [0.05, 0.1) is 38.1 Å². The van der Waals surface area contributed by atoms with E-state index in [2.05, 4.69) is 17.2 Å². The molecule has 1 aromatic carbocycles. The molecule has 1 heterocycles. The van der Waals surface area contributed by atoms with Gasteiger partial charge in [0, 0.05) is 11.5 Å². The largest absolute Gasteiger partial charge is 0.493 e. The van der Waals surface area contributed by atoms with Crippen LogP contribution < -0.4 is 19.5 Å². The summed E-state index contributed by atoms with van der Waals surface area (Å²) in [7, 11) is 4.66. The Morgan fingerprint density at radius 2 is 1.88 bits per heavy atom. The number of rotatable bonds is 8. The molecule has 1 unspecified atom stereocenters. The van der Waals surface area contributed by atoms with E-state index in [0.717, 1.165) is 22.7 Å². The van der Waals surface area contributed by atoms with Crippen molar-refractivity contribution in [2.75, 3.05) is 21.3 Å². The van der Waals surface area contributed by atoms with Crippen LogP contribution in [0.25, 0.3) is 6.08 Å². The van der Waals surface area contributed by atoms with E-state index >= 15 is 0 Å². The van der Waals surface area contributed by atoms with E-state index in [9.17, 15) is 4.79 Å². The molecule has 0 aliphatic carbocycles. The van der Waals surface area contributed by atoms with Crippen molar-refractivity contribution in [2.24, 2.45) is 0 Å². The van der Waals surface area contributed by atoms with Crippen LogP contribution in [0.15, 0.2) is 23.6 Å². The summed E-state index contributed by atoms with van der Waals surface area (Å²) in [6, 6.07) is 3.41. The Hall–Kier alpha value is -2.54. The standard InChI is InChI=1S/C19H24N2O4S/c1-6-18-21-14(11-26-18)12(2)20-17(22)8-7-13-9-15(23-3)19(25-5)16(10-13)24-4/h7-12H,6H2,1-5H3,(H,20,22). The Kier molecular flexibility index (Phi) is 7.03. The third kappa shape index (κ3) is 4.76. The number of hydrogen-bond acceptors (Lipinski definition) is 6. The zero-order chi connectivity index (χ0) is 19.1. The molecule has 1 N–H and O–H groups in total. The van der Waals surface area contributed by atoms with Crippen LogP contribution in [0.5, 0.6) is 17.2 Å². The van der Waals surface area contributed by atoms with Gasteiger partial charge in [0.25, 0.3) is 0 Å². The number of aromatic nitrogens is 1. The highest BCUT2D eigenvalue weighted by Gasteiger charge is 2.13. The lowest BCUT2D eigenvalue weighted by molar-refractivity contribution is -0.117. The molecule has 0 spiro atoms. The fourth-order valence-electron chi connectivity index (χ4n) is 2.39. The summed E-state index contributed by atoms with van der Waals surface area (Å²) in [5.74, 6) is 1.39. The first-order valence-corrected chi connectivity index (χ1v) is 9.13. The predicted molar refractivity (Wildman–Crippen MR) is 103 cm³/mol. The summed E-state index contributed by atoms with van der Waals surface area (Å²) in [4.78, 5) is 16.7. The van der Waals surface area contributed by atoms with Gasteiger partial charge < -0.3 is 19.5 Å². The van der Waals surface area contributed by atoms with Crippen molar-refractivity contribution in [3.8, 4) is 17.2 Å². The normalized spacial score (nSPS) is 12.0. The molecule has 0 aliphatic rings. The first-order valence-electron chi connectivity index (χ1n) is 8.25. The zero-order valence-corrected chi connectivity index (χ0v) is 16.5. The maximum Gasteiger partial charge on any atom is 0.244 e. The van der Waals surface area contributed by atoms with E-state index in [-0.39, 0.29) is 11.9 Å². The smallest absolute Gasteiger partial charge is 0.244 e. The summed E-state index contributed by atoms with van der Waals surface area (Å²) in [5.41, 5.74) is 1.64. The predicted octanol–water partition coefficient (Wildman–Crippen LogP) is 3.62. The van der Waals surface area contributed by atoms with Gasteiger partial charge in [0.2, 0.25) is 11.7 Å². The van der Waals surface area contributed by atoms with Gasteiger partial charge in [-0.2, -0.15) is 0 Å². The molecule has 0 saturated heterocycles.